The third-order valence-electron chi connectivity index (χ3n) is 2.32. The van der Waals surface area contributed by atoms with Crippen LogP contribution in [0.15, 0.2) is 12.5 Å². The van der Waals surface area contributed by atoms with E-state index >= 15 is 0 Å². The van der Waals surface area contributed by atoms with Crippen molar-refractivity contribution in [2.24, 2.45) is 0 Å². The third kappa shape index (κ3) is 1.83. The maximum atomic E-state index is 5.78. The Hall–Kier alpha value is -1.03. The molecule has 0 aliphatic carbocycles. The van der Waals surface area contributed by atoms with E-state index in [4.69, 9.17) is 4.74 Å². The summed E-state index contributed by atoms with van der Waals surface area (Å²) in [6, 6.07) is 0. The molecule has 2 heterocycles. The van der Waals surface area contributed by atoms with Gasteiger partial charge in [-0.05, 0) is 19.9 Å². The van der Waals surface area contributed by atoms with Crippen molar-refractivity contribution < 1.29 is 4.74 Å². The molecule has 1 N–H and O–H groups in total. The molecule has 0 saturated carbocycles. The zero-order valence-corrected chi connectivity index (χ0v) is 7.86. The molecule has 1 aromatic rings. The van der Waals surface area contributed by atoms with Crippen LogP contribution in [0.2, 0.25) is 0 Å². The monoisotopic (exact) mass is 181 g/mol. The van der Waals surface area contributed by atoms with Gasteiger partial charge in [0.15, 0.2) is 0 Å². The molecule has 1 aromatic heterocycles. The van der Waals surface area contributed by atoms with E-state index in [9.17, 15) is 0 Å². The average molecular weight is 181 g/mol. The van der Waals surface area contributed by atoms with Crippen LogP contribution >= 0.6 is 0 Å². The molecular weight excluding hydrogens is 166 g/mol. The molecule has 72 valence electrons. The van der Waals surface area contributed by atoms with Crippen molar-refractivity contribution in [3.8, 4) is 5.88 Å². The molecule has 1 atom stereocenters. The highest BCUT2D eigenvalue weighted by Crippen LogP contribution is 2.14. The summed E-state index contributed by atoms with van der Waals surface area (Å²) >= 11 is 0. The Labute approximate surface area is 77.9 Å². The Bertz CT molecular complexity index is 266. The van der Waals surface area contributed by atoms with Gasteiger partial charge in [-0.25, -0.2) is 4.98 Å². The van der Waals surface area contributed by atoms with Gasteiger partial charge in [0.25, 0.3) is 0 Å². The highest BCUT2D eigenvalue weighted by molar-refractivity contribution is 5.06. The van der Waals surface area contributed by atoms with Crippen molar-refractivity contribution in [2.75, 3.05) is 13.1 Å². The summed E-state index contributed by atoms with van der Waals surface area (Å²) in [6.07, 6.45) is 5.00. The molecule has 13 heavy (non-hydrogen) atoms. The summed E-state index contributed by atoms with van der Waals surface area (Å²) in [6.45, 7) is 5.01. The van der Waals surface area contributed by atoms with Gasteiger partial charge in [0.1, 0.15) is 6.10 Å². The first-order chi connectivity index (χ1) is 6.40. The zero-order valence-electron chi connectivity index (χ0n) is 7.86. The van der Waals surface area contributed by atoms with Gasteiger partial charge in [-0.2, -0.15) is 0 Å². The Morgan fingerprint density at radius 1 is 1.77 bits per heavy atom. The zero-order chi connectivity index (χ0) is 9.10. The molecule has 0 amide bonds. The van der Waals surface area contributed by atoms with E-state index in [1.54, 1.807) is 12.5 Å². The third-order valence-corrected chi connectivity index (χ3v) is 2.32. The summed E-state index contributed by atoms with van der Waals surface area (Å²) in [4.78, 5) is 4.05. The van der Waals surface area contributed by atoms with Gasteiger partial charge in [0, 0.05) is 13.1 Å². The summed E-state index contributed by atoms with van der Waals surface area (Å²) in [5, 5.41) is 3.27. The van der Waals surface area contributed by atoms with Gasteiger partial charge in [-0.3, -0.25) is 0 Å². The average Bonchev–Trinajstić information content (AvgIpc) is 2.76. The van der Waals surface area contributed by atoms with E-state index in [1.165, 1.54) is 0 Å². The first-order valence-corrected chi connectivity index (χ1v) is 4.77. The van der Waals surface area contributed by atoms with Crippen molar-refractivity contribution in [3.05, 3.63) is 12.5 Å². The number of nitrogens with one attached hydrogen (secondary N) is 1. The summed E-state index contributed by atoms with van der Waals surface area (Å²) in [7, 11) is 0. The van der Waals surface area contributed by atoms with E-state index < -0.39 is 0 Å². The maximum Gasteiger partial charge on any atom is 0.213 e. The largest absolute Gasteiger partial charge is 0.473 e. The fourth-order valence-electron chi connectivity index (χ4n) is 1.54. The SMILES string of the molecule is CCn1cncc1OC1CCNC1. The number of rotatable bonds is 3. The van der Waals surface area contributed by atoms with Gasteiger partial charge in [-0.15, -0.1) is 0 Å². The molecule has 4 heteroatoms. The lowest BCUT2D eigenvalue weighted by molar-refractivity contribution is 0.205. The minimum absolute atomic E-state index is 0.321. The highest BCUT2D eigenvalue weighted by atomic mass is 16.5. The number of hydrogen-bond donors (Lipinski definition) is 1. The molecule has 0 radical (unpaired) electrons. The minimum atomic E-state index is 0.321. The topological polar surface area (TPSA) is 39.1 Å². The van der Waals surface area contributed by atoms with Crippen LogP contribution < -0.4 is 10.1 Å². The molecule has 1 unspecified atom stereocenters. The van der Waals surface area contributed by atoms with Crippen molar-refractivity contribution in [3.63, 3.8) is 0 Å². The van der Waals surface area contributed by atoms with E-state index in [0.717, 1.165) is 31.9 Å². The van der Waals surface area contributed by atoms with Crippen LogP contribution in [0.5, 0.6) is 5.88 Å². The standard InChI is InChI=1S/C9H15N3O/c1-2-12-7-11-6-9(12)13-8-3-4-10-5-8/h6-8,10H,2-5H2,1H3. The number of ether oxygens (including phenoxy) is 1. The Morgan fingerprint density at radius 2 is 2.69 bits per heavy atom. The molecule has 4 nitrogen and oxygen atoms in total. The van der Waals surface area contributed by atoms with E-state index in [-0.39, 0.29) is 0 Å². The molecule has 2 rings (SSSR count). The molecule has 1 saturated heterocycles. The van der Waals surface area contributed by atoms with Crippen LogP contribution in [0, 0.1) is 0 Å². The molecule has 1 aliphatic rings. The second-order valence-corrected chi connectivity index (χ2v) is 3.25. The predicted octanol–water partition coefficient (Wildman–Crippen LogP) is 0.644. The van der Waals surface area contributed by atoms with Crippen LogP contribution in [0.4, 0.5) is 0 Å². The predicted molar refractivity (Wildman–Crippen MR) is 49.8 cm³/mol. The van der Waals surface area contributed by atoms with Gasteiger partial charge < -0.3 is 14.6 Å². The van der Waals surface area contributed by atoms with Crippen molar-refractivity contribution in [2.45, 2.75) is 26.0 Å². The normalized spacial score (nSPS) is 22.1. The Balaban J connectivity index is 1.99. The molecular formula is C9H15N3O. The van der Waals surface area contributed by atoms with E-state index in [2.05, 4.69) is 17.2 Å². The first kappa shape index (κ1) is 8.56. The van der Waals surface area contributed by atoms with Crippen molar-refractivity contribution in [1.82, 2.24) is 14.9 Å². The van der Waals surface area contributed by atoms with Crippen LogP contribution in [-0.4, -0.2) is 28.7 Å². The highest BCUT2D eigenvalue weighted by Gasteiger charge is 2.17. The minimum Gasteiger partial charge on any atom is -0.473 e. The molecule has 1 fully saturated rings. The van der Waals surface area contributed by atoms with Crippen LogP contribution in [-0.2, 0) is 6.54 Å². The molecule has 0 bridgehead atoms. The molecule has 0 spiro atoms. The summed E-state index contributed by atoms with van der Waals surface area (Å²) in [5.41, 5.74) is 0. The number of aryl methyl sites for hydroxylation is 1. The van der Waals surface area contributed by atoms with Gasteiger partial charge in [-0.1, -0.05) is 0 Å². The number of hydrogen-bond acceptors (Lipinski definition) is 3. The lowest BCUT2D eigenvalue weighted by atomic mass is 10.3. The first-order valence-electron chi connectivity index (χ1n) is 4.77. The van der Waals surface area contributed by atoms with Crippen LogP contribution in [0.25, 0.3) is 0 Å². The lowest BCUT2D eigenvalue weighted by Crippen LogP contribution is -2.20. The lowest BCUT2D eigenvalue weighted by Gasteiger charge is -2.12. The van der Waals surface area contributed by atoms with Crippen molar-refractivity contribution >= 4 is 0 Å². The van der Waals surface area contributed by atoms with Crippen molar-refractivity contribution in [1.29, 1.82) is 0 Å². The van der Waals surface area contributed by atoms with Crippen LogP contribution in [0.1, 0.15) is 13.3 Å². The second-order valence-electron chi connectivity index (χ2n) is 3.25. The molecule has 0 aromatic carbocycles. The van der Waals surface area contributed by atoms with Crippen LogP contribution in [0.3, 0.4) is 0 Å². The Kier molecular flexibility index (Phi) is 2.49. The maximum absolute atomic E-state index is 5.78. The van der Waals surface area contributed by atoms with E-state index in [1.807, 2.05) is 4.57 Å². The van der Waals surface area contributed by atoms with Gasteiger partial charge in [0.05, 0.1) is 12.5 Å². The fourth-order valence-corrected chi connectivity index (χ4v) is 1.54. The van der Waals surface area contributed by atoms with E-state index in [0.29, 0.717) is 6.10 Å². The number of aromatic nitrogens is 2. The second kappa shape index (κ2) is 3.79. The number of imidazole rings is 1. The molecule has 1 aliphatic heterocycles. The fraction of sp³-hybridized carbons (Fsp3) is 0.667. The van der Waals surface area contributed by atoms with Gasteiger partial charge >= 0.3 is 0 Å². The number of nitrogens with zero attached hydrogens (tertiary/aromatic N) is 2. The van der Waals surface area contributed by atoms with Gasteiger partial charge in [0.2, 0.25) is 5.88 Å². The summed E-state index contributed by atoms with van der Waals surface area (Å²) in [5.74, 6) is 0.885. The smallest absolute Gasteiger partial charge is 0.213 e. The summed E-state index contributed by atoms with van der Waals surface area (Å²) < 4.78 is 7.79. The Morgan fingerprint density at radius 3 is 3.38 bits per heavy atom. The quantitative estimate of drug-likeness (QED) is 0.744.